The molecule has 1 aromatic carbocycles. The lowest BCUT2D eigenvalue weighted by atomic mass is 10.2. The van der Waals surface area contributed by atoms with Crippen molar-refractivity contribution in [1.82, 2.24) is 0 Å². The van der Waals surface area contributed by atoms with Crippen LogP contribution in [-0.4, -0.2) is 4.92 Å². The van der Waals surface area contributed by atoms with Crippen LogP contribution in [0.2, 0.25) is 0 Å². The lowest BCUT2D eigenvalue weighted by Crippen LogP contribution is -1.94. The third-order valence-electron chi connectivity index (χ3n) is 1.63. The molecule has 0 unspecified atom stereocenters. The second-order valence-electron chi connectivity index (χ2n) is 2.69. The zero-order valence-electron chi connectivity index (χ0n) is 7.33. The summed E-state index contributed by atoms with van der Waals surface area (Å²) in [5.41, 5.74) is 0.107. The Morgan fingerprint density at radius 2 is 2.29 bits per heavy atom. The van der Waals surface area contributed by atoms with Gasteiger partial charge in [-0.2, -0.15) is 0 Å². The molecule has 0 saturated heterocycles. The molecule has 0 aromatic heterocycles. The number of rotatable bonds is 2. The van der Waals surface area contributed by atoms with Crippen molar-refractivity contribution in [3.63, 3.8) is 0 Å². The van der Waals surface area contributed by atoms with Crippen molar-refractivity contribution < 1.29 is 9.31 Å². The smallest absolute Gasteiger partial charge is 0.243 e. The summed E-state index contributed by atoms with van der Waals surface area (Å²) in [6.07, 6.45) is 1.19. The minimum atomic E-state index is -0.555. The van der Waals surface area contributed by atoms with Crippen LogP contribution in [0.15, 0.2) is 28.4 Å². The highest BCUT2D eigenvalue weighted by Gasteiger charge is 2.07. The minimum absolute atomic E-state index is 0.0954. The number of benzene rings is 1. The van der Waals surface area contributed by atoms with E-state index < -0.39 is 10.7 Å². The summed E-state index contributed by atoms with van der Waals surface area (Å²) in [5.74, 6) is -0.492. The third kappa shape index (κ3) is 2.38. The van der Waals surface area contributed by atoms with Gasteiger partial charge in [0.05, 0.1) is 9.40 Å². The van der Waals surface area contributed by atoms with E-state index in [1.165, 1.54) is 25.1 Å². The average molecular weight is 260 g/mol. The van der Waals surface area contributed by atoms with Crippen molar-refractivity contribution in [2.45, 2.75) is 6.92 Å². The molecule has 0 bridgehead atoms. The zero-order chi connectivity index (χ0) is 10.7. The van der Waals surface area contributed by atoms with Gasteiger partial charge in [-0.15, -0.1) is 0 Å². The summed E-state index contributed by atoms with van der Waals surface area (Å²) in [7, 11) is 0. The predicted molar refractivity (Wildman–Crippen MR) is 54.7 cm³/mol. The first-order valence-electron chi connectivity index (χ1n) is 3.79. The second kappa shape index (κ2) is 4.32. The maximum Gasteiger partial charge on any atom is 0.243 e. The zero-order valence-corrected chi connectivity index (χ0v) is 8.92. The van der Waals surface area contributed by atoms with Crippen LogP contribution in [0.3, 0.4) is 0 Å². The molecule has 0 N–H and O–H groups in total. The van der Waals surface area contributed by atoms with Crippen molar-refractivity contribution in [1.29, 1.82) is 0 Å². The van der Waals surface area contributed by atoms with Crippen molar-refractivity contribution in [2.24, 2.45) is 0 Å². The van der Waals surface area contributed by atoms with Crippen LogP contribution in [0.4, 0.5) is 4.39 Å². The molecule has 0 aliphatic rings. The third-order valence-corrected chi connectivity index (χ3v) is 2.25. The van der Waals surface area contributed by atoms with E-state index in [1.54, 1.807) is 6.07 Å². The fraction of sp³-hybridized carbons (Fsp3) is 0.111. The van der Waals surface area contributed by atoms with E-state index in [2.05, 4.69) is 15.9 Å². The van der Waals surface area contributed by atoms with Gasteiger partial charge in [-0.1, -0.05) is 12.1 Å². The van der Waals surface area contributed by atoms with Crippen molar-refractivity contribution in [3.8, 4) is 0 Å². The summed E-state index contributed by atoms with van der Waals surface area (Å²) in [5, 5.41) is 10.3. The van der Waals surface area contributed by atoms with E-state index in [0.717, 1.165) is 0 Å². The molecule has 0 saturated carbocycles. The Bertz CT molecular complexity index is 404. The number of hydrogen-bond acceptors (Lipinski definition) is 2. The van der Waals surface area contributed by atoms with Crippen molar-refractivity contribution in [3.05, 3.63) is 49.9 Å². The lowest BCUT2D eigenvalue weighted by Gasteiger charge is -1.98. The molecule has 0 heterocycles. The Kier molecular flexibility index (Phi) is 3.35. The fourth-order valence-electron chi connectivity index (χ4n) is 0.910. The molecule has 0 spiro atoms. The van der Waals surface area contributed by atoms with Crippen LogP contribution in [0.1, 0.15) is 12.5 Å². The van der Waals surface area contributed by atoms with Crippen LogP contribution in [0.5, 0.6) is 0 Å². The molecular formula is C9H7BrFNO2. The van der Waals surface area contributed by atoms with Gasteiger partial charge in [0, 0.05) is 18.6 Å². The highest BCUT2D eigenvalue weighted by Crippen LogP contribution is 2.20. The summed E-state index contributed by atoms with van der Waals surface area (Å²) < 4.78 is 13.6. The first kappa shape index (κ1) is 10.8. The van der Waals surface area contributed by atoms with Crippen LogP contribution >= 0.6 is 15.9 Å². The van der Waals surface area contributed by atoms with E-state index in [4.69, 9.17) is 0 Å². The molecule has 0 atom stereocenters. The molecule has 3 nitrogen and oxygen atoms in total. The molecule has 0 radical (unpaired) electrons. The van der Waals surface area contributed by atoms with Crippen molar-refractivity contribution in [2.75, 3.05) is 0 Å². The van der Waals surface area contributed by atoms with Crippen molar-refractivity contribution >= 4 is 22.0 Å². The number of nitrogens with zero attached hydrogens (tertiary/aromatic N) is 1. The Balaban J connectivity index is 3.15. The second-order valence-corrected chi connectivity index (χ2v) is 3.54. The molecule has 5 heteroatoms. The monoisotopic (exact) mass is 259 g/mol. The Labute approximate surface area is 88.5 Å². The van der Waals surface area contributed by atoms with Gasteiger partial charge in [-0.25, -0.2) is 4.39 Å². The SMILES string of the molecule is C/C(=C/c1cccc(Br)c1F)[N+](=O)[O-]. The van der Waals surface area contributed by atoms with Crippen LogP contribution in [-0.2, 0) is 0 Å². The predicted octanol–water partition coefficient (Wildman–Crippen LogP) is 3.23. The molecule has 74 valence electrons. The van der Waals surface area contributed by atoms with E-state index in [1.807, 2.05) is 0 Å². The van der Waals surface area contributed by atoms with E-state index in [9.17, 15) is 14.5 Å². The van der Waals surface area contributed by atoms with Gasteiger partial charge < -0.3 is 0 Å². The average Bonchev–Trinajstić information content (AvgIpc) is 2.12. The normalized spacial score (nSPS) is 11.5. The van der Waals surface area contributed by atoms with Gasteiger partial charge in [0.25, 0.3) is 0 Å². The number of nitro groups is 1. The number of allylic oxidation sites excluding steroid dienone is 1. The fourth-order valence-corrected chi connectivity index (χ4v) is 1.29. The highest BCUT2D eigenvalue weighted by atomic mass is 79.9. The van der Waals surface area contributed by atoms with Crippen LogP contribution in [0.25, 0.3) is 6.08 Å². The summed E-state index contributed by atoms with van der Waals surface area (Å²) in [6, 6.07) is 4.63. The van der Waals surface area contributed by atoms with E-state index >= 15 is 0 Å². The summed E-state index contributed by atoms with van der Waals surface area (Å²) in [4.78, 5) is 9.75. The van der Waals surface area contributed by atoms with Gasteiger partial charge in [-0.05, 0) is 22.0 Å². The van der Waals surface area contributed by atoms with Gasteiger partial charge in [0.15, 0.2) is 0 Å². The lowest BCUT2D eigenvalue weighted by molar-refractivity contribution is -0.422. The largest absolute Gasteiger partial charge is 0.259 e. The quantitative estimate of drug-likeness (QED) is 0.605. The Morgan fingerprint density at radius 1 is 1.64 bits per heavy atom. The van der Waals surface area contributed by atoms with Crippen LogP contribution in [0, 0.1) is 15.9 Å². The first-order valence-corrected chi connectivity index (χ1v) is 4.58. The Hall–Kier alpha value is -1.23. The first-order chi connectivity index (χ1) is 6.52. The number of halogens is 2. The Morgan fingerprint density at radius 3 is 2.86 bits per heavy atom. The van der Waals surface area contributed by atoms with E-state index in [0.29, 0.717) is 4.47 Å². The van der Waals surface area contributed by atoms with Crippen LogP contribution < -0.4 is 0 Å². The summed E-state index contributed by atoms with van der Waals surface area (Å²) in [6.45, 7) is 1.32. The molecule has 14 heavy (non-hydrogen) atoms. The van der Waals surface area contributed by atoms with Gasteiger partial charge in [0.1, 0.15) is 5.82 Å². The molecular weight excluding hydrogens is 253 g/mol. The minimum Gasteiger partial charge on any atom is -0.259 e. The van der Waals surface area contributed by atoms with E-state index in [-0.39, 0.29) is 11.3 Å². The molecule has 1 rings (SSSR count). The maximum absolute atomic E-state index is 13.3. The van der Waals surface area contributed by atoms with Gasteiger partial charge in [0.2, 0.25) is 5.70 Å². The van der Waals surface area contributed by atoms with Gasteiger partial charge in [-0.3, -0.25) is 10.1 Å². The summed E-state index contributed by atoms with van der Waals surface area (Å²) >= 11 is 3.00. The standard InChI is InChI=1S/C9H7BrFNO2/c1-6(12(13)14)5-7-3-2-4-8(10)9(7)11/h2-5H,1H3/b6-5-. The molecule has 0 aliphatic heterocycles. The topological polar surface area (TPSA) is 43.1 Å². The number of hydrogen-bond donors (Lipinski definition) is 0. The maximum atomic E-state index is 13.3. The van der Waals surface area contributed by atoms with Gasteiger partial charge >= 0.3 is 0 Å². The molecule has 0 amide bonds. The molecule has 1 aromatic rings. The molecule has 0 aliphatic carbocycles. The highest BCUT2D eigenvalue weighted by molar-refractivity contribution is 9.10. The molecule has 0 fully saturated rings.